The van der Waals surface area contributed by atoms with Gasteiger partial charge in [0.25, 0.3) is 0 Å². The van der Waals surface area contributed by atoms with E-state index in [1.165, 1.54) is 6.20 Å². The standard InChI is InChI=1S/C6H9N3O/c1-4(7)5(10)6-8-2-3-9-6/h2-4H,7H2,1H3,(H,8,9). The number of rotatable bonds is 2. The van der Waals surface area contributed by atoms with Crippen LogP contribution in [0.25, 0.3) is 0 Å². The quantitative estimate of drug-likeness (QED) is 0.564. The summed E-state index contributed by atoms with van der Waals surface area (Å²) in [6, 6.07) is -0.480. The minimum atomic E-state index is -0.480. The Morgan fingerprint density at radius 3 is 3.00 bits per heavy atom. The van der Waals surface area contributed by atoms with Gasteiger partial charge in [-0.2, -0.15) is 0 Å². The third-order valence-corrected chi connectivity index (χ3v) is 1.15. The molecule has 0 aromatic carbocycles. The Morgan fingerprint density at radius 2 is 2.60 bits per heavy atom. The van der Waals surface area contributed by atoms with Crippen LogP contribution < -0.4 is 5.73 Å². The highest BCUT2D eigenvalue weighted by molar-refractivity contribution is 5.96. The molecule has 54 valence electrons. The summed E-state index contributed by atoms with van der Waals surface area (Å²) in [6.07, 6.45) is 3.12. The third kappa shape index (κ3) is 1.22. The molecule has 0 bridgehead atoms. The van der Waals surface area contributed by atoms with Crippen LogP contribution in [0.1, 0.15) is 17.5 Å². The molecule has 4 heteroatoms. The first kappa shape index (κ1) is 6.95. The second-order valence-corrected chi connectivity index (χ2v) is 2.09. The van der Waals surface area contributed by atoms with Crippen molar-refractivity contribution in [1.29, 1.82) is 0 Å². The first-order chi connectivity index (χ1) is 4.72. The summed E-state index contributed by atoms with van der Waals surface area (Å²) in [6.45, 7) is 1.63. The molecule has 0 aliphatic heterocycles. The lowest BCUT2D eigenvalue weighted by Crippen LogP contribution is -2.27. The van der Waals surface area contributed by atoms with Crippen LogP contribution in [0.5, 0.6) is 0 Å². The number of aromatic amines is 1. The van der Waals surface area contributed by atoms with Crippen molar-refractivity contribution in [3.8, 4) is 0 Å². The van der Waals surface area contributed by atoms with Gasteiger partial charge < -0.3 is 10.7 Å². The number of imidazole rings is 1. The first-order valence-electron chi connectivity index (χ1n) is 3.01. The second kappa shape index (κ2) is 2.62. The molecule has 4 nitrogen and oxygen atoms in total. The molecule has 1 aromatic rings. The SMILES string of the molecule is CC(N)C(=O)c1ncc[nH]1. The molecule has 3 N–H and O–H groups in total. The van der Waals surface area contributed by atoms with Crippen molar-refractivity contribution < 1.29 is 4.79 Å². The lowest BCUT2D eigenvalue weighted by Gasteiger charge is -1.98. The van der Waals surface area contributed by atoms with Gasteiger partial charge in [-0.15, -0.1) is 0 Å². The smallest absolute Gasteiger partial charge is 0.214 e. The molecule has 0 spiro atoms. The lowest BCUT2D eigenvalue weighted by molar-refractivity contribution is 0.0959. The number of nitrogens with zero attached hydrogens (tertiary/aromatic N) is 1. The Morgan fingerprint density at radius 1 is 1.90 bits per heavy atom. The first-order valence-corrected chi connectivity index (χ1v) is 3.01. The maximum absolute atomic E-state index is 11.0. The minimum Gasteiger partial charge on any atom is -0.342 e. The molecule has 0 saturated heterocycles. The van der Waals surface area contributed by atoms with Gasteiger partial charge in [-0.25, -0.2) is 4.98 Å². The van der Waals surface area contributed by atoms with Gasteiger partial charge in [-0.3, -0.25) is 4.79 Å². The molecular formula is C6H9N3O. The molecule has 1 unspecified atom stereocenters. The fraction of sp³-hybridized carbons (Fsp3) is 0.333. The van der Waals surface area contributed by atoms with E-state index in [-0.39, 0.29) is 5.78 Å². The van der Waals surface area contributed by atoms with E-state index < -0.39 is 6.04 Å². The highest BCUT2D eigenvalue weighted by atomic mass is 16.1. The fourth-order valence-electron chi connectivity index (χ4n) is 0.616. The van der Waals surface area contributed by atoms with Crippen molar-refractivity contribution in [2.24, 2.45) is 5.73 Å². The van der Waals surface area contributed by atoms with Crippen molar-refractivity contribution in [1.82, 2.24) is 9.97 Å². The molecule has 1 atom stereocenters. The van der Waals surface area contributed by atoms with E-state index in [0.717, 1.165) is 0 Å². The zero-order valence-electron chi connectivity index (χ0n) is 5.66. The van der Waals surface area contributed by atoms with Gasteiger partial charge in [0.05, 0.1) is 6.04 Å². The number of aromatic nitrogens is 2. The number of Topliss-reactive ketones (excluding diaryl/α,β-unsaturated/α-hetero) is 1. The third-order valence-electron chi connectivity index (χ3n) is 1.15. The van der Waals surface area contributed by atoms with Crippen molar-refractivity contribution in [2.75, 3.05) is 0 Å². The number of nitrogens with two attached hydrogens (primary N) is 1. The molecule has 0 aliphatic rings. The van der Waals surface area contributed by atoms with Crippen molar-refractivity contribution >= 4 is 5.78 Å². The maximum Gasteiger partial charge on any atom is 0.214 e. The minimum absolute atomic E-state index is 0.162. The average molecular weight is 139 g/mol. The Kier molecular flexibility index (Phi) is 1.82. The van der Waals surface area contributed by atoms with Gasteiger partial charge >= 0.3 is 0 Å². The fourth-order valence-corrected chi connectivity index (χ4v) is 0.616. The van der Waals surface area contributed by atoms with E-state index in [0.29, 0.717) is 5.82 Å². The van der Waals surface area contributed by atoms with Gasteiger partial charge in [0, 0.05) is 12.4 Å². The number of ketones is 1. The highest BCUT2D eigenvalue weighted by Crippen LogP contribution is 1.92. The summed E-state index contributed by atoms with van der Waals surface area (Å²) in [5.41, 5.74) is 5.32. The molecule has 1 heterocycles. The number of carbonyl (C=O) groups excluding carboxylic acids is 1. The van der Waals surface area contributed by atoms with Crippen LogP contribution in [-0.2, 0) is 0 Å². The number of H-pyrrole nitrogens is 1. The highest BCUT2D eigenvalue weighted by Gasteiger charge is 2.11. The van der Waals surface area contributed by atoms with Crippen molar-refractivity contribution in [3.63, 3.8) is 0 Å². The zero-order valence-corrected chi connectivity index (χ0v) is 5.66. The van der Waals surface area contributed by atoms with Crippen LogP contribution in [0.4, 0.5) is 0 Å². The van der Waals surface area contributed by atoms with Crippen molar-refractivity contribution in [2.45, 2.75) is 13.0 Å². The number of hydrogen-bond donors (Lipinski definition) is 2. The van der Waals surface area contributed by atoms with E-state index in [1.807, 2.05) is 0 Å². The largest absolute Gasteiger partial charge is 0.342 e. The van der Waals surface area contributed by atoms with Gasteiger partial charge in [0.15, 0.2) is 5.82 Å². The van der Waals surface area contributed by atoms with Gasteiger partial charge in [-0.1, -0.05) is 0 Å². The molecule has 0 amide bonds. The van der Waals surface area contributed by atoms with Gasteiger partial charge in [0.1, 0.15) is 0 Å². The Labute approximate surface area is 58.5 Å². The van der Waals surface area contributed by atoms with Crippen LogP contribution >= 0.6 is 0 Å². The predicted molar refractivity (Wildman–Crippen MR) is 36.6 cm³/mol. The molecule has 10 heavy (non-hydrogen) atoms. The van der Waals surface area contributed by atoms with Gasteiger partial charge in [0.2, 0.25) is 5.78 Å². The zero-order chi connectivity index (χ0) is 7.56. The molecular weight excluding hydrogens is 130 g/mol. The summed E-state index contributed by atoms with van der Waals surface area (Å²) in [7, 11) is 0. The normalized spacial score (nSPS) is 13.0. The summed E-state index contributed by atoms with van der Waals surface area (Å²) in [4.78, 5) is 17.4. The molecule has 0 fully saturated rings. The summed E-state index contributed by atoms with van der Waals surface area (Å²) < 4.78 is 0. The van der Waals surface area contributed by atoms with E-state index >= 15 is 0 Å². The average Bonchev–Trinajstić information content (AvgIpc) is 2.36. The maximum atomic E-state index is 11.0. The van der Waals surface area contributed by atoms with Crippen LogP contribution in [0, 0.1) is 0 Å². The predicted octanol–water partition coefficient (Wildman–Crippen LogP) is -0.0604. The Hall–Kier alpha value is -1.16. The number of nitrogens with one attached hydrogen (secondary N) is 1. The summed E-state index contributed by atoms with van der Waals surface area (Å²) in [5, 5.41) is 0. The molecule has 1 rings (SSSR count). The monoisotopic (exact) mass is 139 g/mol. The molecule has 0 saturated carbocycles. The van der Waals surface area contributed by atoms with E-state index in [2.05, 4.69) is 9.97 Å². The van der Waals surface area contributed by atoms with Crippen molar-refractivity contribution in [3.05, 3.63) is 18.2 Å². The summed E-state index contributed by atoms with van der Waals surface area (Å²) >= 11 is 0. The number of carbonyl (C=O) groups is 1. The second-order valence-electron chi connectivity index (χ2n) is 2.09. The Balaban J connectivity index is 2.78. The molecule has 0 radical (unpaired) electrons. The van der Waals surface area contributed by atoms with Crippen LogP contribution in [-0.4, -0.2) is 21.8 Å². The lowest BCUT2D eigenvalue weighted by atomic mass is 10.2. The van der Waals surface area contributed by atoms with Crippen LogP contribution in [0.2, 0.25) is 0 Å². The summed E-state index contributed by atoms with van der Waals surface area (Å²) in [5.74, 6) is 0.167. The van der Waals surface area contributed by atoms with E-state index in [1.54, 1.807) is 13.1 Å². The topological polar surface area (TPSA) is 71.8 Å². The Bertz CT molecular complexity index is 215. The molecule has 1 aromatic heterocycles. The number of hydrogen-bond acceptors (Lipinski definition) is 3. The van der Waals surface area contributed by atoms with Crippen LogP contribution in [0.3, 0.4) is 0 Å². The van der Waals surface area contributed by atoms with Gasteiger partial charge in [-0.05, 0) is 6.92 Å². The van der Waals surface area contributed by atoms with Crippen LogP contribution in [0.15, 0.2) is 12.4 Å². The van der Waals surface area contributed by atoms with E-state index in [9.17, 15) is 4.79 Å². The molecule has 0 aliphatic carbocycles. The van der Waals surface area contributed by atoms with E-state index in [4.69, 9.17) is 5.73 Å².